The van der Waals surface area contributed by atoms with Crippen LogP contribution in [0.15, 0.2) is 46.7 Å². The highest BCUT2D eigenvalue weighted by Gasteiger charge is 2.31. The smallest absolute Gasteiger partial charge is 0.267 e. The Morgan fingerprint density at radius 3 is 2.89 bits per heavy atom. The van der Waals surface area contributed by atoms with Crippen LogP contribution in [0, 0.1) is 0 Å². The van der Waals surface area contributed by atoms with Gasteiger partial charge in [-0.2, -0.15) is 4.31 Å². The summed E-state index contributed by atoms with van der Waals surface area (Å²) in [6, 6.07) is 10.0. The van der Waals surface area contributed by atoms with Gasteiger partial charge >= 0.3 is 0 Å². The Balaban J connectivity index is 1.53. The number of ether oxygens (including phenoxy) is 1. The topological polar surface area (TPSA) is 88.6 Å². The van der Waals surface area contributed by atoms with E-state index in [0.29, 0.717) is 28.7 Å². The zero-order chi connectivity index (χ0) is 19.7. The molecule has 28 heavy (non-hydrogen) atoms. The number of sulfonamides is 1. The molecule has 2 aromatic heterocycles. The van der Waals surface area contributed by atoms with Crippen molar-refractivity contribution in [3.05, 3.63) is 57.2 Å². The largest absolute Gasteiger partial charge is 0.497 e. The van der Waals surface area contributed by atoms with Gasteiger partial charge in [0.15, 0.2) is 5.13 Å². The average Bonchev–Trinajstić information content (AvgIpc) is 3.36. The van der Waals surface area contributed by atoms with Crippen LogP contribution in [-0.2, 0) is 23.0 Å². The number of nitrogens with one attached hydrogen (secondary N) is 1. The lowest BCUT2D eigenvalue weighted by Gasteiger charge is -2.25. The van der Waals surface area contributed by atoms with Crippen molar-refractivity contribution in [2.24, 2.45) is 0 Å². The number of fused-ring (bicyclic) bond motifs is 1. The number of amides is 1. The van der Waals surface area contributed by atoms with Crippen LogP contribution in [-0.4, -0.2) is 37.3 Å². The van der Waals surface area contributed by atoms with E-state index in [-0.39, 0.29) is 17.3 Å². The third-order valence-corrected chi connectivity index (χ3v) is 8.05. The van der Waals surface area contributed by atoms with Crippen molar-refractivity contribution in [1.29, 1.82) is 0 Å². The SMILES string of the molecule is COc1cccc(S(=O)(=O)N2CCc3nc(NC(=O)c4cccs4)sc3C2)c1. The van der Waals surface area contributed by atoms with Crippen LogP contribution in [0.1, 0.15) is 20.2 Å². The number of methoxy groups -OCH3 is 1. The maximum Gasteiger partial charge on any atom is 0.267 e. The number of thiazole rings is 1. The fraction of sp³-hybridized carbons (Fsp3) is 0.222. The lowest BCUT2D eigenvalue weighted by Crippen LogP contribution is -2.35. The molecule has 3 heterocycles. The van der Waals surface area contributed by atoms with Crippen molar-refractivity contribution >= 4 is 43.7 Å². The van der Waals surface area contributed by atoms with Crippen LogP contribution < -0.4 is 10.1 Å². The van der Waals surface area contributed by atoms with Gasteiger partial charge < -0.3 is 4.74 Å². The second kappa shape index (κ2) is 7.63. The van der Waals surface area contributed by atoms with E-state index in [1.165, 1.54) is 40.2 Å². The minimum atomic E-state index is -3.64. The molecule has 0 spiro atoms. The highest BCUT2D eigenvalue weighted by Crippen LogP contribution is 2.32. The summed E-state index contributed by atoms with van der Waals surface area (Å²) in [6.07, 6.45) is 0.504. The Hall–Kier alpha value is -2.27. The molecule has 10 heteroatoms. The molecular formula is C18H17N3O4S3. The average molecular weight is 436 g/mol. The minimum Gasteiger partial charge on any atom is -0.497 e. The minimum absolute atomic E-state index is 0.200. The number of anilines is 1. The van der Waals surface area contributed by atoms with Crippen molar-refractivity contribution in [3.63, 3.8) is 0 Å². The molecule has 1 aromatic carbocycles. The van der Waals surface area contributed by atoms with E-state index in [2.05, 4.69) is 10.3 Å². The summed E-state index contributed by atoms with van der Waals surface area (Å²) in [5.74, 6) is 0.289. The molecule has 0 unspecified atom stereocenters. The van der Waals surface area contributed by atoms with Gasteiger partial charge in [0.05, 0.1) is 29.1 Å². The molecule has 0 fully saturated rings. The van der Waals surface area contributed by atoms with Crippen molar-refractivity contribution in [1.82, 2.24) is 9.29 Å². The number of rotatable bonds is 5. The van der Waals surface area contributed by atoms with E-state index < -0.39 is 10.0 Å². The first-order valence-corrected chi connectivity index (χ1v) is 11.6. The number of thiophene rings is 1. The highest BCUT2D eigenvalue weighted by molar-refractivity contribution is 7.89. The fourth-order valence-electron chi connectivity index (χ4n) is 2.91. The molecule has 0 bridgehead atoms. The molecule has 0 radical (unpaired) electrons. The molecule has 0 atom stereocenters. The number of hydrogen-bond acceptors (Lipinski definition) is 7. The molecule has 4 rings (SSSR count). The van der Waals surface area contributed by atoms with Gasteiger partial charge in [0.2, 0.25) is 10.0 Å². The zero-order valence-corrected chi connectivity index (χ0v) is 17.4. The Morgan fingerprint density at radius 1 is 1.29 bits per heavy atom. The van der Waals surface area contributed by atoms with Gasteiger partial charge in [0, 0.05) is 23.9 Å². The first kappa shape index (κ1) is 19.1. The molecular weight excluding hydrogens is 418 g/mol. The number of carbonyl (C=O) groups excluding carboxylic acids is 1. The third-order valence-electron chi connectivity index (χ3n) is 4.34. The summed E-state index contributed by atoms with van der Waals surface area (Å²) in [5.41, 5.74) is 0.837. The third kappa shape index (κ3) is 3.68. The van der Waals surface area contributed by atoms with Crippen molar-refractivity contribution in [2.45, 2.75) is 17.9 Å². The molecule has 0 saturated heterocycles. The summed E-state index contributed by atoms with van der Waals surface area (Å²) in [5, 5.41) is 5.12. The van der Waals surface area contributed by atoms with Crippen LogP contribution in [0.25, 0.3) is 0 Å². The van der Waals surface area contributed by atoms with E-state index in [9.17, 15) is 13.2 Å². The van der Waals surface area contributed by atoms with E-state index in [1.807, 2.05) is 11.4 Å². The Morgan fingerprint density at radius 2 is 2.14 bits per heavy atom. The van der Waals surface area contributed by atoms with Gasteiger partial charge in [0.25, 0.3) is 5.91 Å². The number of carbonyl (C=O) groups is 1. The lowest BCUT2D eigenvalue weighted by atomic mass is 10.2. The van der Waals surface area contributed by atoms with Gasteiger partial charge in [0.1, 0.15) is 5.75 Å². The number of hydrogen-bond donors (Lipinski definition) is 1. The Kier molecular flexibility index (Phi) is 5.19. The predicted molar refractivity (Wildman–Crippen MR) is 109 cm³/mol. The number of nitrogens with zero attached hydrogens (tertiary/aromatic N) is 2. The molecule has 7 nitrogen and oxygen atoms in total. The van der Waals surface area contributed by atoms with Crippen molar-refractivity contribution in [2.75, 3.05) is 19.0 Å². The maximum atomic E-state index is 13.0. The first-order chi connectivity index (χ1) is 13.5. The molecule has 0 aliphatic carbocycles. The van der Waals surface area contributed by atoms with Gasteiger partial charge in [-0.15, -0.1) is 22.7 Å². The fourth-order valence-corrected chi connectivity index (χ4v) is 6.07. The van der Waals surface area contributed by atoms with E-state index >= 15 is 0 Å². The molecule has 146 valence electrons. The van der Waals surface area contributed by atoms with Crippen LogP contribution in [0.4, 0.5) is 5.13 Å². The van der Waals surface area contributed by atoms with E-state index in [0.717, 1.165) is 10.6 Å². The molecule has 1 N–H and O–H groups in total. The molecule has 1 amide bonds. The zero-order valence-electron chi connectivity index (χ0n) is 14.9. The highest BCUT2D eigenvalue weighted by atomic mass is 32.2. The van der Waals surface area contributed by atoms with Crippen LogP contribution >= 0.6 is 22.7 Å². The lowest BCUT2D eigenvalue weighted by molar-refractivity contribution is 0.103. The van der Waals surface area contributed by atoms with Gasteiger partial charge in [-0.1, -0.05) is 12.1 Å². The normalized spacial score (nSPS) is 14.5. The predicted octanol–water partition coefficient (Wildman–Crippen LogP) is 3.21. The van der Waals surface area contributed by atoms with Crippen molar-refractivity contribution in [3.8, 4) is 5.75 Å². The molecule has 1 aliphatic rings. The van der Waals surface area contributed by atoms with E-state index in [4.69, 9.17) is 4.74 Å². The monoisotopic (exact) mass is 435 g/mol. The quantitative estimate of drug-likeness (QED) is 0.665. The standard InChI is InChI=1S/C18H17N3O4S3/c1-25-12-4-2-5-13(10-12)28(23,24)21-8-7-14-16(11-21)27-18(19-14)20-17(22)15-6-3-9-26-15/h2-6,9-10H,7-8,11H2,1H3,(H,19,20,22). The van der Waals surface area contributed by atoms with Gasteiger partial charge in [-0.05, 0) is 23.6 Å². The second-order valence-electron chi connectivity index (χ2n) is 6.09. The summed E-state index contributed by atoms with van der Waals surface area (Å²) in [4.78, 5) is 18.3. The summed E-state index contributed by atoms with van der Waals surface area (Å²) < 4.78 is 32.6. The van der Waals surface area contributed by atoms with Gasteiger partial charge in [-0.25, -0.2) is 13.4 Å². The summed E-state index contributed by atoms with van der Waals surface area (Å²) >= 11 is 2.67. The van der Waals surface area contributed by atoms with Crippen LogP contribution in [0.2, 0.25) is 0 Å². The Labute approximate surface area is 170 Å². The number of benzene rings is 1. The van der Waals surface area contributed by atoms with Gasteiger partial charge in [-0.3, -0.25) is 10.1 Å². The van der Waals surface area contributed by atoms with E-state index in [1.54, 1.807) is 24.3 Å². The first-order valence-electron chi connectivity index (χ1n) is 8.45. The summed E-state index contributed by atoms with van der Waals surface area (Å²) in [7, 11) is -2.14. The molecule has 1 aliphatic heterocycles. The molecule has 0 saturated carbocycles. The molecule has 3 aromatic rings. The van der Waals surface area contributed by atoms with Crippen LogP contribution in [0.5, 0.6) is 5.75 Å². The second-order valence-corrected chi connectivity index (χ2v) is 10.1. The Bertz CT molecular complexity index is 1110. The maximum absolute atomic E-state index is 13.0. The summed E-state index contributed by atoms with van der Waals surface area (Å²) in [6.45, 7) is 0.579. The van der Waals surface area contributed by atoms with Crippen LogP contribution in [0.3, 0.4) is 0 Å². The number of aromatic nitrogens is 1. The van der Waals surface area contributed by atoms with Crippen molar-refractivity contribution < 1.29 is 17.9 Å².